The maximum atomic E-state index is 12.1. The van der Waals surface area contributed by atoms with Gasteiger partial charge in [0, 0.05) is 19.7 Å². The Morgan fingerprint density at radius 2 is 2.35 bits per heavy atom. The second-order valence-corrected chi connectivity index (χ2v) is 4.01. The number of nitrogens with zero attached hydrogens (tertiary/aromatic N) is 3. The number of carbonyl (C=O) groups excluding carboxylic acids is 1. The third-order valence-corrected chi connectivity index (χ3v) is 2.41. The first-order valence-electron chi connectivity index (χ1n) is 5.15. The lowest BCUT2D eigenvalue weighted by atomic mass is 10.3. The van der Waals surface area contributed by atoms with Crippen molar-refractivity contribution >= 4 is 23.1 Å². The molecule has 0 aliphatic carbocycles. The van der Waals surface area contributed by atoms with Crippen molar-refractivity contribution in [3.05, 3.63) is 11.8 Å². The molecule has 1 rings (SSSR count). The second-order valence-electron chi connectivity index (χ2n) is 3.48. The number of aromatic nitrogens is 2. The zero-order chi connectivity index (χ0) is 13.0. The fourth-order valence-corrected chi connectivity index (χ4v) is 1.58. The molecule has 0 radical (unpaired) electrons. The van der Waals surface area contributed by atoms with Gasteiger partial charge in [-0.15, -0.1) is 0 Å². The number of rotatable bonds is 5. The molecule has 0 saturated heterocycles. The standard InChI is InChI=1S/C10H16N4O2S/c1-4-14(6-8(11)17)10(15)7-5-9(16-3)13(2)12-7/h5H,4,6H2,1-3H3,(H2,11,17). The molecule has 1 amide bonds. The summed E-state index contributed by atoms with van der Waals surface area (Å²) in [5.41, 5.74) is 5.76. The molecule has 0 atom stereocenters. The lowest BCUT2D eigenvalue weighted by molar-refractivity contribution is 0.0781. The molecule has 0 saturated carbocycles. The van der Waals surface area contributed by atoms with E-state index in [-0.39, 0.29) is 17.4 Å². The molecular weight excluding hydrogens is 240 g/mol. The van der Waals surface area contributed by atoms with Crippen LogP contribution in [-0.4, -0.2) is 45.8 Å². The summed E-state index contributed by atoms with van der Waals surface area (Å²) in [6.07, 6.45) is 0. The first-order valence-corrected chi connectivity index (χ1v) is 5.56. The monoisotopic (exact) mass is 256 g/mol. The van der Waals surface area contributed by atoms with Crippen LogP contribution in [0.1, 0.15) is 17.4 Å². The number of aryl methyl sites for hydroxylation is 1. The third-order valence-electron chi connectivity index (χ3n) is 2.28. The molecule has 1 heterocycles. The Hall–Kier alpha value is -1.63. The van der Waals surface area contributed by atoms with E-state index in [2.05, 4.69) is 5.10 Å². The number of carbonyl (C=O) groups is 1. The van der Waals surface area contributed by atoms with Crippen molar-refractivity contribution in [1.82, 2.24) is 14.7 Å². The summed E-state index contributed by atoms with van der Waals surface area (Å²) in [5.74, 6) is 0.318. The topological polar surface area (TPSA) is 73.4 Å². The zero-order valence-electron chi connectivity index (χ0n) is 10.1. The van der Waals surface area contributed by atoms with Crippen LogP contribution in [0.4, 0.5) is 0 Å². The van der Waals surface area contributed by atoms with E-state index in [0.29, 0.717) is 18.1 Å². The third kappa shape index (κ3) is 3.16. The summed E-state index contributed by atoms with van der Waals surface area (Å²) in [6, 6.07) is 1.59. The lowest BCUT2D eigenvalue weighted by Gasteiger charge is -2.18. The zero-order valence-corrected chi connectivity index (χ0v) is 11.0. The van der Waals surface area contributed by atoms with Crippen molar-refractivity contribution in [2.24, 2.45) is 12.8 Å². The predicted molar refractivity (Wildman–Crippen MR) is 68.1 cm³/mol. The van der Waals surface area contributed by atoms with E-state index in [4.69, 9.17) is 22.7 Å². The molecule has 6 nitrogen and oxygen atoms in total. The highest BCUT2D eigenvalue weighted by molar-refractivity contribution is 7.80. The number of amides is 1. The Balaban J connectivity index is 2.89. The summed E-state index contributed by atoms with van der Waals surface area (Å²) in [7, 11) is 3.23. The van der Waals surface area contributed by atoms with Crippen molar-refractivity contribution < 1.29 is 9.53 Å². The number of thiocarbonyl (C=S) groups is 1. The van der Waals surface area contributed by atoms with E-state index < -0.39 is 0 Å². The largest absolute Gasteiger partial charge is 0.481 e. The van der Waals surface area contributed by atoms with Gasteiger partial charge in [0.2, 0.25) is 5.88 Å². The van der Waals surface area contributed by atoms with Crippen molar-refractivity contribution in [1.29, 1.82) is 0 Å². The minimum Gasteiger partial charge on any atom is -0.481 e. The van der Waals surface area contributed by atoms with Gasteiger partial charge in [0.15, 0.2) is 5.69 Å². The molecule has 0 aliphatic heterocycles. The highest BCUT2D eigenvalue weighted by Gasteiger charge is 2.19. The average molecular weight is 256 g/mol. The maximum absolute atomic E-state index is 12.1. The molecule has 0 aromatic carbocycles. The average Bonchev–Trinajstić information content (AvgIpc) is 2.66. The molecule has 0 aliphatic rings. The minimum absolute atomic E-state index is 0.209. The van der Waals surface area contributed by atoms with Gasteiger partial charge in [-0.1, -0.05) is 12.2 Å². The second kappa shape index (κ2) is 5.62. The van der Waals surface area contributed by atoms with Gasteiger partial charge in [-0.25, -0.2) is 4.68 Å². The van der Waals surface area contributed by atoms with Crippen molar-refractivity contribution in [2.45, 2.75) is 6.92 Å². The van der Waals surface area contributed by atoms with Crippen molar-refractivity contribution in [3.8, 4) is 5.88 Å². The van der Waals surface area contributed by atoms with Gasteiger partial charge in [0.05, 0.1) is 18.6 Å². The Morgan fingerprint density at radius 1 is 1.71 bits per heavy atom. The van der Waals surface area contributed by atoms with Crippen LogP contribution in [0.15, 0.2) is 6.07 Å². The summed E-state index contributed by atoms with van der Waals surface area (Å²) >= 11 is 4.79. The highest BCUT2D eigenvalue weighted by Crippen LogP contribution is 2.12. The van der Waals surface area contributed by atoms with Crippen LogP contribution in [0.2, 0.25) is 0 Å². The van der Waals surface area contributed by atoms with Gasteiger partial charge in [-0.05, 0) is 6.92 Å². The smallest absolute Gasteiger partial charge is 0.274 e. The first kappa shape index (κ1) is 13.4. The molecule has 2 N–H and O–H groups in total. The molecule has 7 heteroatoms. The molecule has 94 valence electrons. The van der Waals surface area contributed by atoms with E-state index >= 15 is 0 Å². The van der Waals surface area contributed by atoms with E-state index in [9.17, 15) is 4.79 Å². The predicted octanol–water partition coefficient (Wildman–Crippen LogP) is 0.177. The number of hydrogen-bond acceptors (Lipinski definition) is 4. The van der Waals surface area contributed by atoms with E-state index in [0.717, 1.165) is 0 Å². The minimum atomic E-state index is -0.209. The van der Waals surface area contributed by atoms with Crippen molar-refractivity contribution in [2.75, 3.05) is 20.2 Å². The fourth-order valence-electron chi connectivity index (χ4n) is 1.42. The van der Waals surface area contributed by atoms with Crippen LogP contribution in [0.5, 0.6) is 5.88 Å². The van der Waals surface area contributed by atoms with E-state index in [1.807, 2.05) is 6.92 Å². The normalized spacial score (nSPS) is 10.1. The molecule has 0 bridgehead atoms. The molecule has 17 heavy (non-hydrogen) atoms. The molecule has 0 spiro atoms. The summed E-state index contributed by atoms with van der Waals surface area (Å²) in [5, 5.41) is 4.07. The van der Waals surface area contributed by atoms with Crippen molar-refractivity contribution in [3.63, 3.8) is 0 Å². The maximum Gasteiger partial charge on any atom is 0.274 e. The fraction of sp³-hybridized carbons (Fsp3) is 0.500. The Kier molecular flexibility index (Phi) is 4.45. The highest BCUT2D eigenvalue weighted by atomic mass is 32.1. The van der Waals surface area contributed by atoms with E-state index in [1.165, 1.54) is 16.7 Å². The number of ether oxygens (including phenoxy) is 1. The van der Waals surface area contributed by atoms with Crippen LogP contribution >= 0.6 is 12.2 Å². The number of hydrogen-bond donors (Lipinski definition) is 1. The SMILES string of the molecule is CCN(CC(N)=S)C(=O)c1cc(OC)n(C)n1. The van der Waals surface area contributed by atoms with Gasteiger partial charge >= 0.3 is 0 Å². The molecule has 1 aromatic heterocycles. The van der Waals surface area contributed by atoms with Gasteiger partial charge in [-0.2, -0.15) is 5.10 Å². The number of nitrogens with two attached hydrogens (primary N) is 1. The molecule has 0 unspecified atom stereocenters. The van der Waals surface area contributed by atoms with Crippen LogP contribution in [0, 0.1) is 0 Å². The Bertz CT molecular complexity index is 430. The van der Waals surface area contributed by atoms with Crippen LogP contribution in [0.25, 0.3) is 0 Å². The van der Waals surface area contributed by atoms with Crippen LogP contribution < -0.4 is 10.5 Å². The van der Waals surface area contributed by atoms with Gasteiger partial charge in [0.25, 0.3) is 5.91 Å². The number of methoxy groups -OCH3 is 1. The molecular formula is C10H16N4O2S. The van der Waals surface area contributed by atoms with Gasteiger partial charge in [0.1, 0.15) is 0 Å². The molecule has 1 aromatic rings. The Morgan fingerprint density at radius 3 is 2.76 bits per heavy atom. The molecule has 0 fully saturated rings. The first-order chi connectivity index (χ1) is 7.99. The van der Waals surface area contributed by atoms with Gasteiger partial charge < -0.3 is 15.4 Å². The van der Waals surface area contributed by atoms with E-state index in [1.54, 1.807) is 13.1 Å². The number of likely N-dealkylation sites (N-methyl/N-ethyl adjacent to an activating group) is 1. The summed E-state index contributed by atoms with van der Waals surface area (Å²) in [6.45, 7) is 2.63. The Labute approximate surface area is 105 Å². The summed E-state index contributed by atoms with van der Waals surface area (Å²) in [4.78, 5) is 13.9. The lowest BCUT2D eigenvalue weighted by Crippen LogP contribution is -2.37. The van der Waals surface area contributed by atoms with Crippen LogP contribution in [0.3, 0.4) is 0 Å². The van der Waals surface area contributed by atoms with Crippen LogP contribution in [-0.2, 0) is 7.05 Å². The van der Waals surface area contributed by atoms with Gasteiger partial charge in [-0.3, -0.25) is 4.79 Å². The quantitative estimate of drug-likeness (QED) is 0.761. The summed E-state index contributed by atoms with van der Waals surface area (Å²) < 4.78 is 6.55.